The molecular weight excluding hydrogens is 237 g/mol. The molecule has 0 aromatic rings. The lowest BCUT2D eigenvalue weighted by Crippen LogP contribution is -2.32. The van der Waals surface area contributed by atoms with E-state index >= 15 is 0 Å². The van der Waals surface area contributed by atoms with Gasteiger partial charge in [-0.15, -0.1) is 0 Å². The van der Waals surface area contributed by atoms with Gasteiger partial charge in [-0.3, -0.25) is 4.79 Å². The number of halogens is 3. The molecule has 0 aliphatic carbocycles. The molecule has 0 rings (SSSR count). The second-order valence-electron chi connectivity index (χ2n) is 3.30. The van der Waals surface area contributed by atoms with Crippen LogP contribution < -0.4 is 0 Å². The molecule has 0 atom stereocenters. The molecule has 17 heavy (non-hydrogen) atoms. The fourth-order valence-corrected chi connectivity index (χ4v) is 1.15. The van der Waals surface area contributed by atoms with E-state index in [4.69, 9.17) is 5.26 Å². The van der Waals surface area contributed by atoms with Gasteiger partial charge >= 0.3 is 6.18 Å². The molecule has 0 saturated heterocycles. The number of nitriles is 1. The van der Waals surface area contributed by atoms with Gasteiger partial charge in [0.15, 0.2) is 0 Å². The summed E-state index contributed by atoms with van der Waals surface area (Å²) in [7, 11) is 0. The Morgan fingerprint density at radius 2 is 2.12 bits per heavy atom. The Labute approximate surface area is 97.9 Å². The first-order chi connectivity index (χ1) is 7.90. The number of carbonyl (C=O) groups is 1. The largest absolute Gasteiger partial charge is 0.411 e. The molecule has 0 unspecified atom stereocenters. The fourth-order valence-electron chi connectivity index (χ4n) is 1.15. The second-order valence-corrected chi connectivity index (χ2v) is 3.30. The first-order valence-electron chi connectivity index (χ1n) is 5.20. The van der Waals surface area contributed by atoms with Crippen LogP contribution in [0.2, 0.25) is 0 Å². The van der Waals surface area contributed by atoms with Gasteiger partial charge in [-0.05, 0) is 6.92 Å². The van der Waals surface area contributed by atoms with Crippen LogP contribution in [0.1, 0.15) is 19.8 Å². The third-order valence-electron chi connectivity index (χ3n) is 1.95. The summed E-state index contributed by atoms with van der Waals surface area (Å²) < 4.78 is 39.5. The van der Waals surface area contributed by atoms with Crippen LogP contribution in [-0.4, -0.2) is 43.3 Å². The molecule has 0 spiro atoms. The summed E-state index contributed by atoms with van der Waals surface area (Å²) in [6.07, 6.45) is -4.26. The van der Waals surface area contributed by atoms with Crippen LogP contribution in [0.4, 0.5) is 13.2 Å². The molecule has 0 bridgehead atoms. The Morgan fingerprint density at radius 1 is 1.47 bits per heavy atom. The van der Waals surface area contributed by atoms with Crippen LogP contribution in [0.5, 0.6) is 0 Å². The van der Waals surface area contributed by atoms with Crippen LogP contribution in [0.15, 0.2) is 0 Å². The third-order valence-corrected chi connectivity index (χ3v) is 1.95. The number of hydrogen-bond acceptors (Lipinski definition) is 3. The number of rotatable bonds is 7. The molecule has 1 amide bonds. The van der Waals surface area contributed by atoms with E-state index in [0.717, 1.165) is 0 Å². The Bertz CT molecular complexity index is 274. The summed E-state index contributed by atoms with van der Waals surface area (Å²) in [5.41, 5.74) is 0. The monoisotopic (exact) mass is 252 g/mol. The quantitative estimate of drug-likeness (QED) is 0.648. The summed E-state index contributed by atoms with van der Waals surface area (Å²) in [6.45, 7) is 0.864. The average Bonchev–Trinajstić information content (AvgIpc) is 2.24. The lowest BCUT2D eigenvalue weighted by molar-refractivity contribution is -0.175. The van der Waals surface area contributed by atoms with Gasteiger partial charge in [-0.2, -0.15) is 18.4 Å². The van der Waals surface area contributed by atoms with Crippen molar-refractivity contribution < 1.29 is 22.7 Å². The number of ether oxygens (including phenoxy) is 1. The summed E-state index contributed by atoms with van der Waals surface area (Å²) >= 11 is 0. The van der Waals surface area contributed by atoms with Crippen molar-refractivity contribution in [3.05, 3.63) is 0 Å². The molecule has 4 nitrogen and oxygen atoms in total. The van der Waals surface area contributed by atoms with Crippen molar-refractivity contribution in [2.75, 3.05) is 26.3 Å². The maximum absolute atomic E-state index is 11.7. The lowest BCUT2D eigenvalue weighted by Gasteiger charge is -2.19. The van der Waals surface area contributed by atoms with Crippen LogP contribution in [0, 0.1) is 11.3 Å². The maximum atomic E-state index is 11.7. The van der Waals surface area contributed by atoms with Gasteiger partial charge in [0.1, 0.15) is 6.61 Å². The second kappa shape index (κ2) is 7.90. The molecule has 0 aliphatic heterocycles. The Balaban J connectivity index is 3.80. The van der Waals surface area contributed by atoms with Gasteiger partial charge in [-0.1, -0.05) is 0 Å². The summed E-state index contributed by atoms with van der Waals surface area (Å²) in [5.74, 6) is -0.301. The van der Waals surface area contributed by atoms with E-state index in [1.165, 1.54) is 4.90 Å². The topological polar surface area (TPSA) is 53.3 Å². The van der Waals surface area contributed by atoms with E-state index in [-0.39, 0.29) is 25.4 Å². The molecule has 0 saturated carbocycles. The Kier molecular flexibility index (Phi) is 7.30. The van der Waals surface area contributed by atoms with E-state index in [1.807, 2.05) is 6.07 Å². The first-order valence-corrected chi connectivity index (χ1v) is 5.20. The number of carbonyl (C=O) groups excluding carboxylic acids is 1. The molecule has 0 aliphatic rings. The highest BCUT2D eigenvalue weighted by atomic mass is 19.4. The van der Waals surface area contributed by atoms with Crippen LogP contribution >= 0.6 is 0 Å². The van der Waals surface area contributed by atoms with Crippen molar-refractivity contribution in [1.82, 2.24) is 4.90 Å². The number of amides is 1. The van der Waals surface area contributed by atoms with E-state index < -0.39 is 12.8 Å². The molecule has 0 aromatic carbocycles. The van der Waals surface area contributed by atoms with Gasteiger partial charge in [0.05, 0.1) is 25.5 Å². The van der Waals surface area contributed by atoms with E-state index in [2.05, 4.69) is 4.74 Å². The van der Waals surface area contributed by atoms with Crippen molar-refractivity contribution in [3.8, 4) is 6.07 Å². The molecule has 0 heterocycles. The van der Waals surface area contributed by atoms with Gasteiger partial charge in [0.2, 0.25) is 5.91 Å². The predicted molar refractivity (Wildman–Crippen MR) is 54.0 cm³/mol. The fraction of sp³-hybridized carbons (Fsp3) is 0.800. The molecule has 0 aromatic heterocycles. The third kappa shape index (κ3) is 8.51. The SMILES string of the molecule is CCN(CCC#N)C(=O)CCOCC(F)(F)F. The zero-order valence-electron chi connectivity index (χ0n) is 9.59. The molecular formula is C10H15F3N2O2. The molecule has 0 radical (unpaired) electrons. The van der Waals surface area contributed by atoms with Gasteiger partial charge < -0.3 is 9.64 Å². The van der Waals surface area contributed by atoms with Crippen molar-refractivity contribution in [3.63, 3.8) is 0 Å². The molecule has 0 fully saturated rings. The van der Waals surface area contributed by atoms with Gasteiger partial charge in [-0.25, -0.2) is 0 Å². The minimum atomic E-state index is -4.37. The van der Waals surface area contributed by atoms with E-state index in [9.17, 15) is 18.0 Å². The smallest absolute Gasteiger partial charge is 0.372 e. The number of hydrogen-bond donors (Lipinski definition) is 0. The van der Waals surface area contributed by atoms with Crippen molar-refractivity contribution in [1.29, 1.82) is 5.26 Å². The lowest BCUT2D eigenvalue weighted by atomic mass is 10.3. The van der Waals surface area contributed by atoms with Crippen molar-refractivity contribution in [2.24, 2.45) is 0 Å². The highest BCUT2D eigenvalue weighted by Gasteiger charge is 2.27. The van der Waals surface area contributed by atoms with Crippen molar-refractivity contribution >= 4 is 5.91 Å². The highest BCUT2D eigenvalue weighted by Crippen LogP contribution is 2.14. The minimum Gasteiger partial charge on any atom is -0.372 e. The van der Waals surface area contributed by atoms with Crippen molar-refractivity contribution in [2.45, 2.75) is 25.9 Å². The molecule has 0 N–H and O–H groups in total. The summed E-state index contributed by atoms with van der Waals surface area (Å²) in [5, 5.41) is 8.36. The molecule has 98 valence electrons. The standard InChI is InChI=1S/C10H15F3N2O2/c1-2-15(6-3-5-14)9(16)4-7-17-8-10(11,12)13/h2-4,6-8H2,1H3. The average molecular weight is 252 g/mol. The highest BCUT2D eigenvalue weighted by molar-refractivity contribution is 5.76. The Hall–Kier alpha value is -1.29. The van der Waals surface area contributed by atoms with Crippen LogP contribution in [-0.2, 0) is 9.53 Å². The summed E-state index contributed by atoms with van der Waals surface area (Å²) in [4.78, 5) is 12.9. The normalized spacial score (nSPS) is 11.0. The zero-order valence-corrected chi connectivity index (χ0v) is 9.59. The van der Waals surface area contributed by atoms with E-state index in [1.54, 1.807) is 6.92 Å². The first kappa shape index (κ1) is 15.7. The maximum Gasteiger partial charge on any atom is 0.411 e. The Morgan fingerprint density at radius 3 is 2.59 bits per heavy atom. The van der Waals surface area contributed by atoms with Gasteiger partial charge in [0.25, 0.3) is 0 Å². The van der Waals surface area contributed by atoms with E-state index in [0.29, 0.717) is 13.1 Å². The minimum absolute atomic E-state index is 0.102. The predicted octanol–water partition coefficient (Wildman–Crippen LogP) is 1.72. The molecule has 7 heteroatoms. The number of alkyl halides is 3. The summed E-state index contributed by atoms with van der Waals surface area (Å²) in [6, 6.07) is 1.90. The van der Waals surface area contributed by atoms with Gasteiger partial charge in [0, 0.05) is 13.1 Å². The van der Waals surface area contributed by atoms with Crippen LogP contribution in [0.3, 0.4) is 0 Å². The zero-order chi connectivity index (χ0) is 13.3. The van der Waals surface area contributed by atoms with Crippen LogP contribution in [0.25, 0.3) is 0 Å². The number of nitrogens with zero attached hydrogens (tertiary/aromatic N) is 2.